The number of carboxylic acid groups (broad SMARTS) is 1. The van der Waals surface area contributed by atoms with E-state index in [1.807, 2.05) is 50.1 Å². The number of carbonyl (C=O) groups is 1. The van der Waals surface area contributed by atoms with Gasteiger partial charge in [0.1, 0.15) is 6.54 Å². The van der Waals surface area contributed by atoms with Crippen LogP contribution in [0.15, 0.2) is 30.5 Å². The Morgan fingerprint density at radius 3 is 2.45 bits per heavy atom. The van der Waals surface area contributed by atoms with Gasteiger partial charge in [0.25, 0.3) is 0 Å². The Morgan fingerprint density at radius 2 is 1.95 bits per heavy atom. The SMILES string of the molecule is Cc1ccc(N(CC(=O)O)Cc2cnn(C)c2C)cc1. The van der Waals surface area contributed by atoms with Gasteiger partial charge in [-0.05, 0) is 26.0 Å². The second-order valence-corrected chi connectivity index (χ2v) is 4.96. The van der Waals surface area contributed by atoms with Crippen LogP contribution in [0.4, 0.5) is 5.69 Å². The lowest BCUT2D eigenvalue weighted by Gasteiger charge is -2.23. The predicted molar refractivity (Wildman–Crippen MR) is 77.8 cm³/mol. The van der Waals surface area contributed by atoms with Gasteiger partial charge in [0.2, 0.25) is 0 Å². The molecular formula is C15H19N3O2. The monoisotopic (exact) mass is 273 g/mol. The van der Waals surface area contributed by atoms with Gasteiger partial charge in [-0.15, -0.1) is 0 Å². The smallest absolute Gasteiger partial charge is 0.323 e. The van der Waals surface area contributed by atoms with Crippen molar-refractivity contribution in [1.82, 2.24) is 9.78 Å². The summed E-state index contributed by atoms with van der Waals surface area (Å²) in [4.78, 5) is 12.9. The van der Waals surface area contributed by atoms with Crippen LogP contribution in [0.25, 0.3) is 0 Å². The topological polar surface area (TPSA) is 58.4 Å². The highest BCUT2D eigenvalue weighted by Crippen LogP contribution is 2.19. The number of aliphatic carboxylic acids is 1. The van der Waals surface area contributed by atoms with Crippen molar-refractivity contribution >= 4 is 11.7 Å². The molecule has 0 aliphatic rings. The van der Waals surface area contributed by atoms with E-state index in [0.29, 0.717) is 6.54 Å². The van der Waals surface area contributed by atoms with E-state index in [1.165, 1.54) is 0 Å². The molecule has 1 heterocycles. The number of aromatic nitrogens is 2. The van der Waals surface area contributed by atoms with Crippen molar-refractivity contribution in [1.29, 1.82) is 0 Å². The third-order valence-corrected chi connectivity index (χ3v) is 3.42. The van der Waals surface area contributed by atoms with E-state index in [1.54, 1.807) is 10.9 Å². The Balaban J connectivity index is 2.26. The molecule has 0 aliphatic carbocycles. The summed E-state index contributed by atoms with van der Waals surface area (Å²) in [6.07, 6.45) is 1.79. The third kappa shape index (κ3) is 3.17. The van der Waals surface area contributed by atoms with E-state index in [4.69, 9.17) is 5.11 Å². The van der Waals surface area contributed by atoms with Crippen molar-refractivity contribution in [3.05, 3.63) is 47.3 Å². The summed E-state index contributed by atoms with van der Waals surface area (Å²) in [5.74, 6) is -0.841. The number of nitrogens with zero attached hydrogens (tertiary/aromatic N) is 3. The van der Waals surface area contributed by atoms with Gasteiger partial charge in [0.05, 0.1) is 6.20 Å². The fourth-order valence-electron chi connectivity index (χ4n) is 2.06. The average Bonchev–Trinajstić information content (AvgIpc) is 2.70. The Hall–Kier alpha value is -2.30. The zero-order chi connectivity index (χ0) is 14.7. The lowest BCUT2D eigenvalue weighted by Crippen LogP contribution is -2.29. The minimum absolute atomic E-state index is 0.0304. The third-order valence-electron chi connectivity index (χ3n) is 3.42. The van der Waals surface area contributed by atoms with Crippen LogP contribution in [0.1, 0.15) is 16.8 Å². The maximum atomic E-state index is 11.1. The van der Waals surface area contributed by atoms with Crippen LogP contribution in [0.2, 0.25) is 0 Å². The molecule has 5 nitrogen and oxygen atoms in total. The number of hydrogen-bond acceptors (Lipinski definition) is 3. The molecule has 0 radical (unpaired) electrons. The van der Waals surface area contributed by atoms with Crippen molar-refractivity contribution in [3.63, 3.8) is 0 Å². The number of hydrogen-bond donors (Lipinski definition) is 1. The summed E-state index contributed by atoms with van der Waals surface area (Å²) in [6, 6.07) is 7.87. The van der Waals surface area contributed by atoms with Crippen molar-refractivity contribution in [2.75, 3.05) is 11.4 Å². The Kier molecular flexibility index (Phi) is 4.08. The molecule has 0 spiro atoms. The van der Waals surface area contributed by atoms with Gasteiger partial charge in [-0.3, -0.25) is 9.48 Å². The molecule has 2 aromatic rings. The first-order valence-electron chi connectivity index (χ1n) is 6.48. The van der Waals surface area contributed by atoms with Crippen LogP contribution in [-0.2, 0) is 18.4 Å². The normalized spacial score (nSPS) is 10.6. The van der Waals surface area contributed by atoms with Gasteiger partial charge >= 0.3 is 5.97 Å². The molecule has 0 atom stereocenters. The maximum absolute atomic E-state index is 11.1. The Morgan fingerprint density at radius 1 is 1.30 bits per heavy atom. The molecule has 0 amide bonds. The molecule has 106 valence electrons. The van der Waals surface area contributed by atoms with E-state index in [2.05, 4.69) is 5.10 Å². The Labute approximate surface area is 118 Å². The molecule has 0 unspecified atom stereocenters. The maximum Gasteiger partial charge on any atom is 0.323 e. The van der Waals surface area contributed by atoms with Gasteiger partial charge in [0, 0.05) is 30.5 Å². The molecule has 0 saturated carbocycles. The van der Waals surface area contributed by atoms with Crippen molar-refractivity contribution in [2.45, 2.75) is 20.4 Å². The van der Waals surface area contributed by atoms with Crippen LogP contribution >= 0.6 is 0 Å². The largest absolute Gasteiger partial charge is 0.480 e. The highest BCUT2D eigenvalue weighted by atomic mass is 16.4. The van der Waals surface area contributed by atoms with Gasteiger partial charge in [-0.25, -0.2) is 0 Å². The summed E-state index contributed by atoms with van der Waals surface area (Å²) in [7, 11) is 1.88. The van der Waals surface area contributed by atoms with E-state index >= 15 is 0 Å². The quantitative estimate of drug-likeness (QED) is 0.906. The molecule has 0 bridgehead atoms. The van der Waals surface area contributed by atoms with E-state index < -0.39 is 5.97 Å². The highest BCUT2D eigenvalue weighted by molar-refractivity contribution is 5.73. The van der Waals surface area contributed by atoms with Gasteiger partial charge in [-0.2, -0.15) is 5.10 Å². The standard InChI is InChI=1S/C15H19N3O2/c1-11-4-6-14(7-5-11)18(10-15(19)20)9-13-8-16-17(3)12(13)2/h4-8H,9-10H2,1-3H3,(H,19,20). The summed E-state index contributed by atoms with van der Waals surface area (Å²) < 4.78 is 1.80. The molecule has 1 aromatic carbocycles. The van der Waals surface area contributed by atoms with Crippen molar-refractivity contribution < 1.29 is 9.90 Å². The number of benzene rings is 1. The van der Waals surface area contributed by atoms with Crippen molar-refractivity contribution in [2.24, 2.45) is 7.05 Å². The number of rotatable bonds is 5. The van der Waals surface area contributed by atoms with Crippen LogP contribution < -0.4 is 4.90 Å². The summed E-state index contributed by atoms with van der Waals surface area (Å²) in [6.45, 7) is 4.50. The highest BCUT2D eigenvalue weighted by Gasteiger charge is 2.14. The molecule has 1 aromatic heterocycles. The molecular weight excluding hydrogens is 254 g/mol. The van der Waals surface area contributed by atoms with E-state index in [9.17, 15) is 4.79 Å². The van der Waals surface area contributed by atoms with Crippen LogP contribution in [-0.4, -0.2) is 27.4 Å². The van der Waals surface area contributed by atoms with E-state index in [0.717, 1.165) is 22.5 Å². The van der Waals surface area contributed by atoms with Gasteiger partial charge in [0.15, 0.2) is 0 Å². The first-order chi connectivity index (χ1) is 9.47. The molecule has 2 rings (SSSR count). The first-order valence-corrected chi connectivity index (χ1v) is 6.48. The summed E-state index contributed by atoms with van der Waals surface area (Å²) in [5.41, 5.74) is 4.14. The lowest BCUT2D eigenvalue weighted by atomic mass is 10.2. The predicted octanol–water partition coefficient (Wildman–Crippen LogP) is 2.13. The summed E-state index contributed by atoms with van der Waals surface area (Å²) in [5, 5.41) is 13.3. The van der Waals surface area contributed by atoms with Gasteiger partial charge in [-0.1, -0.05) is 17.7 Å². The molecule has 0 aliphatic heterocycles. The fourth-order valence-corrected chi connectivity index (χ4v) is 2.06. The fraction of sp³-hybridized carbons (Fsp3) is 0.333. The number of anilines is 1. The number of carboxylic acids is 1. The molecule has 20 heavy (non-hydrogen) atoms. The minimum Gasteiger partial charge on any atom is -0.480 e. The number of aryl methyl sites for hydroxylation is 2. The molecule has 1 N–H and O–H groups in total. The van der Waals surface area contributed by atoms with Crippen molar-refractivity contribution in [3.8, 4) is 0 Å². The molecule has 0 fully saturated rings. The van der Waals surface area contributed by atoms with Crippen LogP contribution in [0.5, 0.6) is 0 Å². The Bertz CT molecular complexity index is 602. The molecule has 0 saturated heterocycles. The zero-order valence-corrected chi connectivity index (χ0v) is 12.0. The van der Waals surface area contributed by atoms with E-state index in [-0.39, 0.29) is 6.54 Å². The first kappa shape index (κ1) is 14.1. The van der Waals surface area contributed by atoms with Gasteiger partial charge < -0.3 is 10.0 Å². The lowest BCUT2D eigenvalue weighted by molar-refractivity contribution is -0.135. The minimum atomic E-state index is -0.841. The second kappa shape index (κ2) is 5.77. The zero-order valence-electron chi connectivity index (χ0n) is 12.0. The molecule has 5 heteroatoms. The second-order valence-electron chi connectivity index (χ2n) is 4.96. The van der Waals surface area contributed by atoms with Crippen LogP contribution in [0, 0.1) is 13.8 Å². The summed E-state index contributed by atoms with van der Waals surface area (Å²) >= 11 is 0. The van der Waals surface area contributed by atoms with Crippen LogP contribution in [0.3, 0.4) is 0 Å². The average molecular weight is 273 g/mol.